The Kier molecular flexibility index (Phi) is 4.46. The van der Waals surface area contributed by atoms with Crippen molar-refractivity contribution in [3.8, 4) is 17.6 Å². The average Bonchev–Trinajstić information content (AvgIpc) is 2.57. The highest BCUT2D eigenvalue weighted by Crippen LogP contribution is 2.38. The van der Waals surface area contributed by atoms with Crippen molar-refractivity contribution in [1.29, 1.82) is 5.26 Å². The maximum Gasteiger partial charge on any atom is 0.356 e. The molecule has 0 unspecified atom stereocenters. The molecule has 2 rings (SSSR count). The van der Waals surface area contributed by atoms with E-state index in [-0.39, 0.29) is 28.2 Å². The third-order valence-corrected chi connectivity index (χ3v) is 3.09. The number of nitriles is 1. The number of hydrogen-bond acceptors (Lipinski definition) is 9. The first-order chi connectivity index (χ1) is 11.8. The van der Waals surface area contributed by atoms with Crippen LogP contribution >= 0.6 is 0 Å². The number of hydrogen-bond donors (Lipinski definition) is 4. The van der Waals surface area contributed by atoms with Crippen LogP contribution in [0.1, 0.15) is 21.7 Å². The molecule has 5 N–H and O–H groups in total. The second kappa shape index (κ2) is 6.50. The largest absolute Gasteiger partial charge is 0.504 e. The van der Waals surface area contributed by atoms with Gasteiger partial charge < -0.3 is 21.1 Å². The van der Waals surface area contributed by atoms with Crippen LogP contribution in [-0.2, 0) is 0 Å². The first-order valence-electron chi connectivity index (χ1n) is 6.42. The fourth-order valence-electron chi connectivity index (χ4n) is 1.87. The molecule has 0 radical (unpaired) electrons. The molecule has 0 atom stereocenters. The van der Waals surface area contributed by atoms with Gasteiger partial charge in [-0.1, -0.05) is 0 Å². The maximum absolute atomic E-state index is 10.9. The van der Waals surface area contributed by atoms with Crippen molar-refractivity contribution in [1.82, 2.24) is 9.97 Å². The Balaban J connectivity index is 2.61. The van der Waals surface area contributed by atoms with Crippen molar-refractivity contribution in [2.75, 3.05) is 0 Å². The Bertz CT molecular complexity index is 945. The van der Waals surface area contributed by atoms with Crippen molar-refractivity contribution in [3.05, 3.63) is 51.6 Å². The van der Waals surface area contributed by atoms with E-state index in [1.165, 1.54) is 0 Å². The number of nitro benzene ring substituents is 1. The van der Waals surface area contributed by atoms with E-state index < -0.39 is 28.1 Å². The zero-order valence-electron chi connectivity index (χ0n) is 12.2. The molecule has 1 aromatic heterocycles. The number of aromatic carboxylic acids is 1. The van der Waals surface area contributed by atoms with Crippen LogP contribution in [0, 0.1) is 21.4 Å². The van der Waals surface area contributed by atoms with Gasteiger partial charge in [0.15, 0.2) is 11.4 Å². The number of nitrogens with zero attached hydrogens (tertiary/aromatic N) is 4. The first-order valence-corrected chi connectivity index (χ1v) is 6.42. The van der Waals surface area contributed by atoms with E-state index in [9.17, 15) is 30.4 Å². The molecular weight excluding hydrogens is 334 g/mol. The molecule has 0 aliphatic heterocycles. The Morgan fingerprint density at radius 3 is 2.32 bits per heavy atom. The SMILES string of the molecule is N#C/C(=C(/N)c1cc(O)c(O)c([N+](=O)[O-])c1)c1cnc(C(=O)O)cn1. The number of nitrogens with two attached hydrogens (primary N) is 1. The topological polar surface area (TPSA) is 196 Å². The summed E-state index contributed by atoms with van der Waals surface area (Å²) in [6.45, 7) is 0. The van der Waals surface area contributed by atoms with Gasteiger partial charge in [-0.05, 0) is 6.07 Å². The number of carbonyl (C=O) groups is 1. The fourth-order valence-corrected chi connectivity index (χ4v) is 1.87. The van der Waals surface area contributed by atoms with Gasteiger partial charge in [0, 0.05) is 11.6 Å². The number of benzene rings is 1. The number of carboxylic acid groups (broad SMARTS) is 1. The van der Waals surface area contributed by atoms with Crippen molar-refractivity contribution >= 4 is 22.9 Å². The minimum Gasteiger partial charge on any atom is -0.504 e. The molecule has 1 heterocycles. The number of aromatic hydroxyl groups is 2. The second-order valence-corrected chi connectivity index (χ2v) is 4.61. The summed E-state index contributed by atoms with van der Waals surface area (Å²) < 4.78 is 0. The number of carboxylic acids is 1. The van der Waals surface area contributed by atoms with Gasteiger partial charge in [0.25, 0.3) is 0 Å². The smallest absolute Gasteiger partial charge is 0.356 e. The lowest BCUT2D eigenvalue weighted by Crippen LogP contribution is -2.05. The van der Waals surface area contributed by atoms with Gasteiger partial charge in [-0.25, -0.2) is 9.78 Å². The van der Waals surface area contributed by atoms with E-state index in [0.29, 0.717) is 0 Å². The van der Waals surface area contributed by atoms with Gasteiger partial charge in [0.1, 0.15) is 17.3 Å². The molecule has 1 aromatic carbocycles. The number of rotatable bonds is 4. The molecule has 0 bridgehead atoms. The normalized spacial score (nSPS) is 11.3. The highest BCUT2D eigenvalue weighted by molar-refractivity contribution is 5.95. The number of aromatic nitrogens is 2. The van der Waals surface area contributed by atoms with Crippen LogP contribution in [0.2, 0.25) is 0 Å². The summed E-state index contributed by atoms with van der Waals surface area (Å²) in [7, 11) is 0. The van der Waals surface area contributed by atoms with Crippen molar-refractivity contribution in [3.63, 3.8) is 0 Å². The lowest BCUT2D eigenvalue weighted by Gasteiger charge is -2.08. The van der Waals surface area contributed by atoms with Crippen molar-refractivity contribution in [2.45, 2.75) is 0 Å². The predicted molar refractivity (Wildman–Crippen MR) is 82.0 cm³/mol. The molecular formula is C14H9N5O6. The van der Waals surface area contributed by atoms with Gasteiger partial charge in [-0.2, -0.15) is 5.26 Å². The lowest BCUT2D eigenvalue weighted by molar-refractivity contribution is -0.386. The average molecular weight is 343 g/mol. The van der Waals surface area contributed by atoms with Gasteiger partial charge in [0.2, 0.25) is 5.75 Å². The summed E-state index contributed by atoms with van der Waals surface area (Å²) in [6, 6.07) is 3.55. The summed E-state index contributed by atoms with van der Waals surface area (Å²) in [4.78, 5) is 28.1. The molecule has 2 aromatic rings. The number of nitro groups is 1. The predicted octanol–water partition coefficient (Wildman–Crippen LogP) is 0.845. The maximum atomic E-state index is 10.9. The zero-order chi connectivity index (χ0) is 18.7. The molecule has 126 valence electrons. The zero-order valence-corrected chi connectivity index (χ0v) is 12.2. The molecule has 0 saturated carbocycles. The summed E-state index contributed by atoms with van der Waals surface area (Å²) in [5.74, 6) is -3.05. The van der Waals surface area contributed by atoms with E-state index in [1.54, 1.807) is 6.07 Å². The summed E-state index contributed by atoms with van der Waals surface area (Å²) in [6.07, 6.45) is 1.92. The third kappa shape index (κ3) is 3.27. The molecule has 0 aliphatic carbocycles. The monoisotopic (exact) mass is 343 g/mol. The van der Waals surface area contributed by atoms with E-state index in [0.717, 1.165) is 24.5 Å². The second-order valence-electron chi connectivity index (χ2n) is 4.61. The fraction of sp³-hybridized carbons (Fsp3) is 0. The van der Waals surface area contributed by atoms with Crippen LogP contribution in [0.5, 0.6) is 11.5 Å². The van der Waals surface area contributed by atoms with Gasteiger partial charge in [-0.15, -0.1) is 0 Å². The molecule has 0 saturated heterocycles. The highest BCUT2D eigenvalue weighted by atomic mass is 16.6. The van der Waals surface area contributed by atoms with E-state index in [4.69, 9.17) is 10.8 Å². The van der Waals surface area contributed by atoms with E-state index >= 15 is 0 Å². The lowest BCUT2D eigenvalue weighted by atomic mass is 10.0. The van der Waals surface area contributed by atoms with Crippen LogP contribution in [-0.4, -0.2) is 36.2 Å². The highest BCUT2D eigenvalue weighted by Gasteiger charge is 2.21. The Labute approximate surface area is 139 Å². The standard InChI is InChI=1S/C14H9N5O6/c15-3-7(8-4-18-9(5-17-8)14(22)23)12(16)6-1-10(19(24)25)13(21)11(20)2-6/h1-2,4-5,20-21H,16H2,(H,22,23)/b12-7-. The molecule has 0 fully saturated rings. The van der Waals surface area contributed by atoms with Gasteiger partial charge in [0.05, 0.1) is 23.0 Å². The Hall–Kier alpha value is -4.20. The molecule has 11 nitrogen and oxygen atoms in total. The van der Waals surface area contributed by atoms with Crippen LogP contribution in [0.3, 0.4) is 0 Å². The molecule has 11 heteroatoms. The Morgan fingerprint density at radius 2 is 1.84 bits per heavy atom. The summed E-state index contributed by atoms with van der Waals surface area (Å²) in [5.41, 5.74) is 3.97. The van der Waals surface area contributed by atoms with Crippen molar-refractivity contribution in [2.24, 2.45) is 5.73 Å². The van der Waals surface area contributed by atoms with E-state index in [2.05, 4.69) is 9.97 Å². The van der Waals surface area contributed by atoms with Crippen LogP contribution < -0.4 is 5.73 Å². The van der Waals surface area contributed by atoms with Crippen molar-refractivity contribution < 1.29 is 25.0 Å². The minimum atomic E-state index is -1.31. The van der Waals surface area contributed by atoms with Crippen LogP contribution in [0.4, 0.5) is 5.69 Å². The molecule has 0 amide bonds. The summed E-state index contributed by atoms with van der Waals surface area (Å²) in [5, 5.41) is 48.0. The van der Waals surface area contributed by atoms with Gasteiger partial charge >= 0.3 is 11.7 Å². The minimum absolute atomic E-state index is 0.0692. The number of allylic oxidation sites excluding steroid dienone is 1. The molecule has 0 aliphatic rings. The van der Waals surface area contributed by atoms with Crippen LogP contribution in [0.15, 0.2) is 24.5 Å². The molecule has 0 spiro atoms. The number of phenols is 2. The van der Waals surface area contributed by atoms with E-state index in [1.807, 2.05) is 0 Å². The number of phenolic OH excluding ortho intramolecular Hbond substituents is 2. The first kappa shape index (κ1) is 17.2. The van der Waals surface area contributed by atoms with Crippen LogP contribution in [0.25, 0.3) is 11.3 Å². The third-order valence-electron chi connectivity index (χ3n) is 3.09. The summed E-state index contributed by atoms with van der Waals surface area (Å²) >= 11 is 0. The Morgan fingerprint density at radius 1 is 1.24 bits per heavy atom. The quantitative estimate of drug-likeness (QED) is 0.267. The van der Waals surface area contributed by atoms with Gasteiger partial charge in [-0.3, -0.25) is 15.1 Å². The molecule has 25 heavy (non-hydrogen) atoms.